The quantitative estimate of drug-likeness (QED) is 0.675. The molecule has 0 spiro atoms. The van der Waals surface area contributed by atoms with E-state index in [-0.39, 0.29) is 0 Å². The highest BCUT2D eigenvalue weighted by molar-refractivity contribution is 5.96. The molecule has 0 fully saturated rings. The Morgan fingerprint density at radius 2 is 2.07 bits per heavy atom. The number of hydrogen-bond acceptors (Lipinski definition) is 2. The fourth-order valence-corrected chi connectivity index (χ4v) is 1.83. The highest BCUT2D eigenvalue weighted by atomic mass is 16.5. The van der Waals surface area contributed by atoms with Crippen LogP contribution in [-0.2, 0) is 9.53 Å². The molecule has 2 nitrogen and oxygen atoms in total. The molecule has 0 aromatic heterocycles. The van der Waals surface area contributed by atoms with E-state index in [0.29, 0.717) is 12.4 Å². The summed E-state index contributed by atoms with van der Waals surface area (Å²) in [5, 5.41) is 0. The third-order valence-corrected chi connectivity index (χ3v) is 2.58. The summed E-state index contributed by atoms with van der Waals surface area (Å²) in [7, 11) is 0. The van der Waals surface area contributed by atoms with E-state index in [1.54, 1.807) is 0 Å². The summed E-state index contributed by atoms with van der Waals surface area (Å²) in [5.41, 5.74) is 0.972. The van der Waals surface area contributed by atoms with Crippen LogP contribution in [0.1, 0.15) is 52.4 Å². The summed E-state index contributed by atoms with van der Waals surface area (Å²) < 4.78 is 5.52. The molecule has 0 saturated heterocycles. The van der Waals surface area contributed by atoms with Crippen LogP contribution < -0.4 is 0 Å². The first-order valence-corrected chi connectivity index (χ1v) is 5.67. The Labute approximate surface area is 86.3 Å². The highest BCUT2D eigenvalue weighted by Crippen LogP contribution is 2.26. The molecule has 0 bridgehead atoms. The molecule has 0 amide bonds. The lowest BCUT2D eigenvalue weighted by molar-refractivity contribution is -0.116. The Bertz CT molecular complexity index is 228. The molecule has 0 aromatic rings. The van der Waals surface area contributed by atoms with E-state index in [1.165, 1.54) is 0 Å². The molecule has 80 valence electrons. The number of ketones is 1. The van der Waals surface area contributed by atoms with Crippen LogP contribution in [0, 0.1) is 0 Å². The van der Waals surface area contributed by atoms with Crippen molar-refractivity contribution in [1.29, 1.82) is 0 Å². The molecule has 0 N–H and O–H groups in total. The average Bonchev–Trinajstić information content (AvgIpc) is 2.18. The van der Waals surface area contributed by atoms with Gasteiger partial charge in [0.2, 0.25) is 0 Å². The van der Waals surface area contributed by atoms with Gasteiger partial charge in [-0.2, -0.15) is 0 Å². The molecular formula is C12H20O2. The van der Waals surface area contributed by atoms with Crippen LogP contribution in [0.2, 0.25) is 0 Å². The smallest absolute Gasteiger partial charge is 0.162 e. The van der Waals surface area contributed by atoms with Gasteiger partial charge in [-0.05, 0) is 26.2 Å². The third kappa shape index (κ3) is 2.86. The fourth-order valence-electron chi connectivity index (χ4n) is 1.83. The highest BCUT2D eigenvalue weighted by Gasteiger charge is 2.20. The Kier molecular flexibility index (Phi) is 4.71. The van der Waals surface area contributed by atoms with Gasteiger partial charge in [-0.1, -0.05) is 13.3 Å². The van der Waals surface area contributed by atoms with Gasteiger partial charge < -0.3 is 4.74 Å². The second-order valence-corrected chi connectivity index (χ2v) is 3.72. The number of hydrogen-bond donors (Lipinski definition) is 0. The number of Topliss-reactive ketones (excluding diaryl/α,β-unsaturated/α-hetero) is 1. The number of unbranched alkanes of at least 4 members (excludes halogenated alkanes) is 1. The third-order valence-electron chi connectivity index (χ3n) is 2.58. The molecule has 1 aliphatic carbocycles. The molecule has 0 radical (unpaired) electrons. The maximum Gasteiger partial charge on any atom is 0.162 e. The van der Waals surface area contributed by atoms with Crippen molar-refractivity contribution < 1.29 is 9.53 Å². The van der Waals surface area contributed by atoms with Gasteiger partial charge in [0.1, 0.15) is 5.76 Å². The van der Waals surface area contributed by atoms with Crippen molar-refractivity contribution in [1.82, 2.24) is 0 Å². The van der Waals surface area contributed by atoms with E-state index >= 15 is 0 Å². The van der Waals surface area contributed by atoms with Crippen LogP contribution in [0.4, 0.5) is 0 Å². The predicted octanol–water partition coefficient (Wildman–Crippen LogP) is 3.22. The van der Waals surface area contributed by atoms with Crippen LogP contribution in [0.25, 0.3) is 0 Å². The summed E-state index contributed by atoms with van der Waals surface area (Å²) in [5.74, 6) is 1.28. The maximum absolute atomic E-state index is 11.6. The predicted molar refractivity (Wildman–Crippen MR) is 57.0 cm³/mol. The number of rotatable bonds is 5. The van der Waals surface area contributed by atoms with Gasteiger partial charge in [-0.25, -0.2) is 0 Å². The standard InChI is InChI=1S/C12H20O2/c1-3-5-7-10-11(13)8-6-9-12(10)14-4-2/h3-9H2,1-2H3. The van der Waals surface area contributed by atoms with Crippen LogP contribution in [-0.4, -0.2) is 12.4 Å². The molecule has 0 saturated carbocycles. The monoisotopic (exact) mass is 196 g/mol. The SMILES string of the molecule is CCCCC1=C(OCC)CCCC1=O. The van der Waals surface area contributed by atoms with Crippen molar-refractivity contribution in [2.75, 3.05) is 6.61 Å². The van der Waals surface area contributed by atoms with Crippen molar-refractivity contribution in [3.05, 3.63) is 11.3 Å². The van der Waals surface area contributed by atoms with E-state index in [0.717, 1.165) is 49.9 Å². The molecule has 2 heteroatoms. The molecular weight excluding hydrogens is 176 g/mol. The summed E-state index contributed by atoms with van der Waals surface area (Å²) in [6, 6.07) is 0. The molecule has 0 aromatic carbocycles. The van der Waals surface area contributed by atoms with Gasteiger partial charge in [0.25, 0.3) is 0 Å². The number of allylic oxidation sites excluding steroid dienone is 2. The minimum absolute atomic E-state index is 0.313. The summed E-state index contributed by atoms with van der Waals surface area (Å²) in [6.07, 6.45) is 5.77. The lowest BCUT2D eigenvalue weighted by Gasteiger charge is -2.19. The molecule has 0 atom stereocenters. The minimum Gasteiger partial charge on any atom is -0.498 e. The molecule has 0 aliphatic heterocycles. The number of carbonyl (C=O) groups is 1. The number of ether oxygens (including phenoxy) is 1. The second-order valence-electron chi connectivity index (χ2n) is 3.72. The lowest BCUT2D eigenvalue weighted by Crippen LogP contribution is -2.13. The first-order valence-electron chi connectivity index (χ1n) is 5.67. The van der Waals surface area contributed by atoms with Gasteiger partial charge in [-0.3, -0.25) is 4.79 Å². The van der Waals surface area contributed by atoms with Crippen LogP contribution in [0.5, 0.6) is 0 Å². The largest absolute Gasteiger partial charge is 0.498 e. The molecule has 14 heavy (non-hydrogen) atoms. The summed E-state index contributed by atoms with van der Waals surface area (Å²) in [6.45, 7) is 4.80. The molecule has 1 aliphatic rings. The van der Waals surface area contributed by atoms with Gasteiger partial charge in [-0.15, -0.1) is 0 Å². The van der Waals surface area contributed by atoms with E-state index in [4.69, 9.17) is 4.74 Å². The van der Waals surface area contributed by atoms with Crippen LogP contribution >= 0.6 is 0 Å². The Morgan fingerprint density at radius 3 is 2.71 bits per heavy atom. The lowest BCUT2D eigenvalue weighted by atomic mass is 9.92. The summed E-state index contributed by atoms with van der Waals surface area (Å²) in [4.78, 5) is 11.6. The van der Waals surface area contributed by atoms with E-state index in [9.17, 15) is 4.79 Å². The Hall–Kier alpha value is -0.790. The van der Waals surface area contributed by atoms with E-state index in [2.05, 4.69) is 6.92 Å². The molecule has 0 heterocycles. The first-order chi connectivity index (χ1) is 6.79. The van der Waals surface area contributed by atoms with Gasteiger partial charge in [0.05, 0.1) is 6.61 Å². The first kappa shape index (κ1) is 11.3. The Morgan fingerprint density at radius 1 is 1.29 bits per heavy atom. The van der Waals surface area contributed by atoms with Crippen LogP contribution in [0.15, 0.2) is 11.3 Å². The van der Waals surface area contributed by atoms with Crippen molar-refractivity contribution in [2.24, 2.45) is 0 Å². The van der Waals surface area contributed by atoms with Crippen LogP contribution in [0.3, 0.4) is 0 Å². The van der Waals surface area contributed by atoms with Crippen molar-refractivity contribution in [3.63, 3.8) is 0 Å². The maximum atomic E-state index is 11.6. The van der Waals surface area contributed by atoms with Gasteiger partial charge in [0, 0.05) is 18.4 Å². The molecule has 0 unspecified atom stereocenters. The van der Waals surface area contributed by atoms with Gasteiger partial charge in [0.15, 0.2) is 5.78 Å². The second kappa shape index (κ2) is 5.84. The topological polar surface area (TPSA) is 26.3 Å². The zero-order chi connectivity index (χ0) is 10.4. The van der Waals surface area contributed by atoms with Crippen molar-refractivity contribution >= 4 is 5.78 Å². The molecule has 1 rings (SSSR count). The van der Waals surface area contributed by atoms with Crippen molar-refractivity contribution in [2.45, 2.75) is 52.4 Å². The average molecular weight is 196 g/mol. The zero-order valence-corrected chi connectivity index (χ0v) is 9.27. The van der Waals surface area contributed by atoms with Gasteiger partial charge >= 0.3 is 0 Å². The minimum atomic E-state index is 0.313. The normalized spacial score (nSPS) is 17.4. The summed E-state index contributed by atoms with van der Waals surface area (Å²) >= 11 is 0. The van der Waals surface area contributed by atoms with E-state index < -0.39 is 0 Å². The zero-order valence-electron chi connectivity index (χ0n) is 9.27. The Balaban J connectivity index is 2.69. The van der Waals surface area contributed by atoms with Crippen molar-refractivity contribution in [3.8, 4) is 0 Å². The fraction of sp³-hybridized carbons (Fsp3) is 0.750. The number of carbonyl (C=O) groups excluding carboxylic acids is 1. The van der Waals surface area contributed by atoms with E-state index in [1.807, 2.05) is 6.92 Å².